The fourth-order valence-corrected chi connectivity index (χ4v) is 4.09. The Morgan fingerprint density at radius 3 is 2.92 bits per heavy atom. The summed E-state index contributed by atoms with van der Waals surface area (Å²) >= 11 is 1.98. The van der Waals surface area contributed by atoms with Crippen LogP contribution in [0.2, 0.25) is 0 Å². The van der Waals surface area contributed by atoms with Crippen LogP contribution >= 0.6 is 11.8 Å². The van der Waals surface area contributed by atoms with Crippen molar-refractivity contribution in [1.82, 2.24) is 0 Å². The number of thioether (sulfide) groups is 1. The van der Waals surface area contributed by atoms with Crippen molar-refractivity contribution in [2.75, 3.05) is 5.75 Å². The highest BCUT2D eigenvalue weighted by Gasteiger charge is 2.43. The molecule has 2 heteroatoms. The van der Waals surface area contributed by atoms with Gasteiger partial charge in [0.2, 0.25) is 0 Å². The van der Waals surface area contributed by atoms with Gasteiger partial charge in [-0.05, 0) is 38.0 Å². The largest absolute Gasteiger partial charge is 0.389 e. The van der Waals surface area contributed by atoms with E-state index in [0.29, 0.717) is 5.92 Å². The molecule has 0 spiro atoms. The van der Waals surface area contributed by atoms with Crippen LogP contribution in [0.25, 0.3) is 0 Å². The Kier molecular flexibility index (Phi) is 2.16. The summed E-state index contributed by atoms with van der Waals surface area (Å²) in [7, 11) is 0. The average molecular weight is 186 g/mol. The van der Waals surface area contributed by atoms with Crippen molar-refractivity contribution in [3.63, 3.8) is 0 Å². The monoisotopic (exact) mass is 186 g/mol. The zero-order valence-corrected chi connectivity index (χ0v) is 8.73. The van der Waals surface area contributed by atoms with E-state index in [2.05, 4.69) is 6.92 Å². The molecule has 2 aliphatic rings. The third kappa shape index (κ3) is 1.39. The molecule has 0 unspecified atom stereocenters. The molecule has 2 fully saturated rings. The first-order valence-corrected chi connectivity index (χ1v) is 5.98. The minimum Gasteiger partial charge on any atom is -0.389 e. The van der Waals surface area contributed by atoms with Crippen molar-refractivity contribution in [3.8, 4) is 0 Å². The molecule has 0 aromatic carbocycles. The van der Waals surface area contributed by atoms with E-state index >= 15 is 0 Å². The molecular weight excluding hydrogens is 168 g/mol. The first-order valence-electron chi connectivity index (χ1n) is 4.93. The van der Waals surface area contributed by atoms with Gasteiger partial charge in [-0.3, -0.25) is 0 Å². The molecule has 70 valence electrons. The predicted molar refractivity (Wildman–Crippen MR) is 53.4 cm³/mol. The molecule has 2 bridgehead atoms. The van der Waals surface area contributed by atoms with E-state index < -0.39 is 0 Å². The Labute approximate surface area is 78.9 Å². The molecule has 12 heavy (non-hydrogen) atoms. The second-order valence-corrected chi connectivity index (χ2v) is 5.92. The lowest BCUT2D eigenvalue weighted by Crippen LogP contribution is -2.47. The van der Waals surface area contributed by atoms with E-state index in [1.807, 2.05) is 18.7 Å². The molecule has 1 saturated heterocycles. The van der Waals surface area contributed by atoms with Gasteiger partial charge in [-0.1, -0.05) is 6.92 Å². The molecular formula is C10H18OS. The van der Waals surface area contributed by atoms with Gasteiger partial charge in [0.15, 0.2) is 0 Å². The number of rotatable bonds is 0. The van der Waals surface area contributed by atoms with Crippen molar-refractivity contribution >= 4 is 11.8 Å². The summed E-state index contributed by atoms with van der Waals surface area (Å²) in [5.74, 6) is 2.41. The Balaban J connectivity index is 2.09. The maximum atomic E-state index is 10.1. The third-order valence-electron chi connectivity index (χ3n) is 3.59. The molecule has 4 atom stereocenters. The summed E-state index contributed by atoms with van der Waals surface area (Å²) in [5.41, 5.74) is -0.374. The number of fused-ring (bicyclic) bond motifs is 2. The van der Waals surface area contributed by atoms with Gasteiger partial charge in [0, 0.05) is 11.0 Å². The summed E-state index contributed by atoms with van der Waals surface area (Å²) in [6, 6.07) is 0. The molecule has 1 aliphatic heterocycles. The first-order chi connectivity index (χ1) is 5.59. The highest BCUT2D eigenvalue weighted by atomic mass is 32.2. The second kappa shape index (κ2) is 2.91. The lowest BCUT2D eigenvalue weighted by atomic mass is 9.74. The molecule has 1 N–H and O–H groups in total. The maximum Gasteiger partial charge on any atom is 0.0738 e. The molecule has 1 saturated carbocycles. The fourth-order valence-electron chi connectivity index (χ4n) is 2.47. The first kappa shape index (κ1) is 8.89. The van der Waals surface area contributed by atoms with E-state index in [-0.39, 0.29) is 5.60 Å². The lowest BCUT2D eigenvalue weighted by Gasteiger charge is -2.46. The van der Waals surface area contributed by atoms with Crippen molar-refractivity contribution < 1.29 is 5.11 Å². The fraction of sp³-hybridized carbons (Fsp3) is 1.00. The van der Waals surface area contributed by atoms with Crippen LogP contribution in [0.4, 0.5) is 0 Å². The molecule has 1 nitrogen and oxygen atoms in total. The summed E-state index contributed by atoms with van der Waals surface area (Å²) in [6.07, 6.45) is 3.81. The zero-order valence-electron chi connectivity index (χ0n) is 7.92. The highest BCUT2D eigenvalue weighted by molar-refractivity contribution is 8.00. The Morgan fingerprint density at radius 1 is 1.42 bits per heavy atom. The van der Waals surface area contributed by atoms with Gasteiger partial charge in [-0.25, -0.2) is 0 Å². The van der Waals surface area contributed by atoms with Gasteiger partial charge < -0.3 is 5.11 Å². The summed E-state index contributed by atoms with van der Waals surface area (Å²) in [4.78, 5) is 0. The van der Waals surface area contributed by atoms with E-state index in [0.717, 1.165) is 16.9 Å². The van der Waals surface area contributed by atoms with Gasteiger partial charge in [0.1, 0.15) is 0 Å². The summed E-state index contributed by atoms with van der Waals surface area (Å²) in [6.45, 7) is 4.37. The molecule has 0 aromatic heterocycles. The topological polar surface area (TPSA) is 20.2 Å². The van der Waals surface area contributed by atoms with Gasteiger partial charge in [-0.2, -0.15) is 11.8 Å². The average Bonchev–Trinajstić information content (AvgIpc) is 2.02. The number of hydrogen-bond acceptors (Lipinski definition) is 2. The van der Waals surface area contributed by atoms with E-state index in [4.69, 9.17) is 0 Å². The van der Waals surface area contributed by atoms with E-state index in [9.17, 15) is 5.11 Å². The van der Waals surface area contributed by atoms with Crippen LogP contribution in [0.15, 0.2) is 0 Å². The molecule has 1 aliphatic carbocycles. The van der Waals surface area contributed by atoms with Gasteiger partial charge in [-0.15, -0.1) is 0 Å². The van der Waals surface area contributed by atoms with Crippen LogP contribution < -0.4 is 0 Å². The Hall–Kier alpha value is 0.310. The lowest BCUT2D eigenvalue weighted by molar-refractivity contribution is -0.00533. The quantitative estimate of drug-likeness (QED) is 0.626. The SMILES string of the molecule is C[C@H]1CC[C@@H]2C[C@H]1SC[C@]2(C)O. The van der Waals surface area contributed by atoms with E-state index in [1.165, 1.54) is 19.3 Å². The maximum absolute atomic E-state index is 10.1. The minimum atomic E-state index is -0.374. The zero-order chi connectivity index (χ0) is 8.77. The normalized spacial score (nSPS) is 53.8. The molecule has 2 rings (SSSR count). The van der Waals surface area contributed by atoms with Crippen LogP contribution in [0.1, 0.15) is 33.1 Å². The van der Waals surface area contributed by atoms with Crippen LogP contribution in [0, 0.1) is 11.8 Å². The van der Waals surface area contributed by atoms with E-state index in [1.54, 1.807) is 0 Å². The summed E-state index contributed by atoms with van der Waals surface area (Å²) < 4.78 is 0. The van der Waals surface area contributed by atoms with Crippen molar-refractivity contribution in [2.45, 2.75) is 44.0 Å². The molecule has 0 aromatic rings. The van der Waals surface area contributed by atoms with Gasteiger partial charge in [0.05, 0.1) is 5.60 Å². The minimum absolute atomic E-state index is 0.374. The van der Waals surface area contributed by atoms with Crippen LogP contribution in [0.5, 0.6) is 0 Å². The Bertz CT molecular complexity index is 179. The van der Waals surface area contributed by atoms with Crippen LogP contribution in [-0.2, 0) is 0 Å². The third-order valence-corrected chi connectivity index (χ3v) is 5.43. The predicted octanol–water partition coefficient (Wildman–Crippen LogP) is 2.29. The van der Waals surface area contributed by atoms with Gasteiger partial charge >= 0.3 is 0 Å². The van der Waals surface area contributed by atoms with Crippen LogP contribution in [0.3, 0.4) is 0 Å². The van der Waals surface area contributed by atoms with Crippen molar-refractivity contribution in [3.05, 3.63) is 0 Å². The highest BCUT2D eigenvalue weighted by Crippen LogP contribution is 2.46. The number of aliphatic hydroxyl groups is 1. The smallest absolute Gasteiger partial charge is 0.0738 e. The second-order valence-electron chi connectivity index (χ2n) is 4.69. The Morgan fingerprint density at radius 2 is 2.17 bits per heavy atom. The van der Waals surface area contributed by atoms with Crippen molar-refractivity contribution in [1.29, 1.82) is 0 Å². The van der Waals surface area contributed by atoms with Crippen LogP contribution in [-0.4, -0.2) is 21.7 Å². The molecule has 0 radical (unpaired) electrons. The molecule has 0 amide bonds. The number of hydrogen-bond donors (Lipinski definition) is 1. The standard InChI is InChI=1S/C10H18OS/c1-7-3-4-8-5-9(7)12-6-10(8,2)11/h7-9,11H,3-6H2,1-2H3/t7-,8+,9+,10-/m0/s1. The van der Waals surface area contributed by atoms with Gasteiger partial charge in [0.25, 0.3) is 0 Å². The van der Waals surface area contributed by atoms with Crippen molar-refractivity contribution in [2.24, 2.45) is 11.8 Å². The summed E-state index contributed by atoms with van der Waals surface area (Å²) in [5, 5.41) is 10.9. The molecule has 1 heterocycles.